The van der Waals surface area contributed by atoms with Gasteiger partial charge in [-0.25, -0.2) is 8.42 Å². The van der Waals surface area contributed by atoms with E-state index in [0.717, 1.165) is 16.7 Å². The molecule has 0 spiro atoms. The van der Waals surface area contributed by atoms with Gasteiger partial charge in [0.05, 0.1) is 10.9 Å². The molecule has 1 amide bonds. The predicted octanol–water partition coefficient (Wildman–Crippen LogP) is 4.69. The van der Waals surface area contributed by atoms with Gasteiger partial charge in [0.15, 0.2) is 6.61 Å². The van der Waals surface area contributed by atoms with Gasteiger partial charge in [-0.2, -0.15) is 4.31 Å². The molecule has 0 aliphatic carbocycles. The topological polar surface area (TPSA) is 75.7 Å². The molecule has 1 atom stereocenters. The average Bonchev–Trinajstić information content (AvgIpc) is 2.81. The predicted molar refractivity (Wildman–Crippen MR) is 134 cm³/mol. The van der Waals surface area contributed by atoms with E-state index in [0.29, 0.717) is 5.75 Å². The first-order chi connectivity index (χ1) is 16.1. The highest BCUT2D eigenvalue weighted by Gasteiger charge is 2.21. The lowest BCUT2D eigenvalue weighted by Crippen LogP contribution is -2.31. The summed E-state index contributed by atoms with van der Waals surface area (Å²) in [6.45, 7) is 8.22. The maximum atomic E-state index is 12.9. The molecular formula is C27H32N2O4S. The van der Waals surface area contributed by atoms with Crippen LogP contribution in [0.5, 0.6) is 5.75 Å². The molecule has 0 unspecified atom stereocenters. The van der Waals surface area contributed by atoms with Crippen molar-refractivity contribution in [1.82, 2.24) is 9.62 Å². The Kier molecular flexibility index (Phi) is 8.12. The van der Waals surface area contributed by atoms with Crippen LogP contribution >= 0.6 is 0 Å². The van der Waals surface area contributed by atoms with Gasteiger partial charge in [-0.05, 0) is 79.8 Å². The molecular weight excluding hydrogens is 448 g/mol. The van der Waals surface area contributed by atoms with Gasteiger partial charge in [0, 0.05) is 13.6 Å². The number of carbonyl (C=O) groups is 1. The molecule has 6 nitrogen and oxygen atoms in total. The maximum absolute atomic E-state index is 12.9. The number of amides is 1. The lowest BCUT2D eigenvalue weighted by atomic mass is 9.96. The van der Waals surface area contributed by atoms with E-state index in [2.05, 4.69) is 31.3 Å². The SMILES string of the molecule is Cc1cc(C)c([C@@H](C)NC(=O)COc2ccc(S(=O)(=O)N(C)Cc3ccccc3)cc2)cc1C. The fourth-order valence-electron chi connectivity index (χ4n) is 3.77. The summed E-state index contributed by atoms with van der Waals surface area (Å²) in [5.41, 5.74) is 5.52. The minimum Gasteiger partial charge on any atom is -0.484 e. The first-order valence-corrected chi connectivity index (χ1v) is 12.6. The second-order valence-corrected chi connectivity index (χ2v) is 10.6. The van der Waals surface area contributed by atoms with E-state index < -0.39 is 10.0 Å². The zero-order valence-electron chi connectivity index (χ0n) is 20.3. The third-order valence-electron chi connectivity index (χ3n) is 5.88. The number of hydrogen-bond acceptors (Lipinski definition) is 4. The maximum Gasteiger partial charge on any atom is 0.258 e. The van der Waals surface area contributed by atoms with Crippen LogP contribution in [0.15, 0.2) is 71.6 Å². The Morgan fingerprint density at radius 3 is 2.21 bits per heavy atom. The van der Waals surface area contributed by atoms with Gasteiger partial charge in [0.1, 0.15) is 5.75 Å². The van der Waals surface area contributed by atoms with E-state index in [9.17, 15) is 13.2 Å². The first kappa shape index (κ1) is 25.5. The summed E-state index contributed by atoms with van der Waals surface area (Å²) < 4.78 is 32.6. The van der Waals surface area contributed by atoms with Crippen molar-refractivity contribution >= 4 is 15.9 Å². The third kappa shape index (κ3) is 6.24. The second-order valence-electron chi connectivity index (χ2n) is 8.59. The van der Waals surface area contributed by atoms with E-state index in [4.69, 9.17) is 4.74 Å². The van der Waals surface area contributed by atoms with Crippen LogP contribution in [0.3, 0.4) is 0 Å². The van der Waals surface area contributed by atoms with Gasteiger partial charge in [-0.3, -0.25) is 4.79 Å². The average molecular weight is 481 g/mol. The summed E-state index contributed by atoms with van der Waals surface area (Å²) in [5.74, 6) is 0.180. The van der Waals surface area contributed by atoms with E-state index in [-0.39, 0.29) is 30.0 Å². The Morgan fingerprint density at radius 1 is 0.941 bits per heavy atom. The van der Waals surface area contributed by atoms with Crippen molar-refractivity contribution in [2.24, 2.45) is 0 Å². The molecule has 0 saturated carbocycles. The van der Waals surface area contributed by atoms with Crippen molar-refractivity contribution < 1.29 is 17.9 Å². The molecule has 0 bridgehead atoms. The standard InChI is InChI=1S/C27H32N2O4S/c1-19-15-21(3)26(16-20(19)2)22(4)28-27(30)18-33-24-11-13-25(14-12-24)34(31,32)29(5)17-23-9-7-6-8-10-23/h6-16,22H,17-18H2,1-5H3,(H,28,30)/t22-/m1/s1. The monoisotopic (exact) mass is 480 g/mol. The van der Waals surface area contributed by atoms with Crippen molar-refractivity contribution in [2.75, 3.05) is 13.7 Å². The Hall–Kier alpha value is -3.16. The van der Waals surface area contributed by atoms with Gasteiger partial charge in [-0.1, -0.05) is 42.5 Å². The number of rotatable bonds is 9. The van der Waals surface area contributed by atoms with Gasteiger partial charge < -0.3 is 10.1 Å². The van der Waals surface area contributed by atoms with Crippen molar-refractivity contribution in [3.8, 4) is 5.75 Å². The molecule has 0 radical (unpaired) electrons. The van der Waals surface area contributed by atoms with Crippen molar-refractivity contribution in [2.45, 2.75) is 45.2 Å². The van der Waals surface area contributed by atoms with Crippen LogP contribution in [0.4, 0.5) is 0 Å². The molecule has 3 aromatic carbocycles. The number of ether oxygens (including phenoxy) is 1. The van der Waals surface area contributed by atoms with Crippen LogP contribution in [-0.4, -0.2) is 32.3 Å². The molecule has 0 heterocycles. The smallest absolute Gasteiger partial charge is 0.258 e. The summed E-state index contributed by atoms with van der Waals surface area (Å²) in [4.78, 5) is 12.6. The Labute approximate surface area is 202 Å². The Bertz CT molecular complexity index is 1240. The van der Waals surface area contributed by atoms with Gasteiger partial charge >= 0.3 is 0 Å². The number of sulfonamides is 1. The molecule has 34 heavy (non-hydrogen) atoms. The molecule has 3 aromatic rings. The Morgan fingerprint density at radius 2 is 1.56 bits per heavy atom. The largest absolute Gasteiger partial charge is 0.484 e. The van der Waals surface area contributed by atoms with Crippen molar-refractivity contribution in [3.05, 3.63) is 94.5 Å². The quantitative estimate of drug-likeness (QED) is 0.482. The van der Waals surface area contributed by atoms with Crippen molar-refractivity contribution in [1.29, 1.82) is 0 Å². The molecule has 0 aliphatic heterocycles. The normalized spacial score (nSPS) is 12.4. The summed E-state index contributed by atoms with van der Waals surface area (Å²) in [5, 5.41) is 2.96. The van der Waals surface area contributed by atoms with Crippen LogP contribution < -0.4 is 10.1 Å². The van der Waals surface area contributed by atoms with Crippen molar-refractivity contribution in [3.63, 3.8) is 0 Å². The Balaban J connectivity index is 1.57. The lowest BCUT2D eigenvalue weighted by molar-refractivity contribution is -0.123. The lowest BCUT2D eigenvalue weighted by Gasteiger charge is -2.19. The molecule has 3 rings (SSSR count). The molecule has 0 fully saturated rings. The zero-order chi connectivity index (χ0) is 24.9. The summed E-state index contributed by atoms with van der Waals surface area (Å²) in [6, 6.07) is 19.6. The molecule has 0 saturated heterocycles. The second kappa shape index (κ2) is 10.8. The fourth-order valence-corrected chi connectivity index (χ4v) is 4.93. The summed E-state index contributed by atoms with van der Waals surface area (Å²) in [6.07, 6.45) is 0. The highest BCUT2D eigenvalue weighted by molar-refractivity contribution is 7.89. The van der Waals surface area contributed by atoms with Gasteiger partial charge in [0.2, 0.25) is 10.0 Å². The minimum atomic E-state index is -3.64. The number of benzene rings is 3. The van der Waals surface area contributed by atoms with E-state index >= 15 is 0 Å². The third-order valence-corrected chi connectivity index (χ3v) is 7.69. The fraction of sp³-hybridized carbons (Fsp3) is 0.296. The van der Waals surface area contributed by atoms with Crippen LogP contribution in [-0.2, 0) is 21.4 Å². The van der Waals surface area contributed by atoms with Crippen LogP contribution in [0.1, 0.15) is 40.8 Å². The number of nitrogens with zero attached hydrogens (tertiary/aromatic N) is 1. The summed E-state index contributed by atoms with van der Waals surface area (Å²) >= 11 is 0. The van der Waals surface area contributed by atoms with Gasteiger partial charge in [-0.15, -0.1) is 0 Å². The molecule has 180 valence electrons. The number of hydrogen-bond donors (Lipinski definition) is 1. The number of aryl methyl sites for hydroxylation is 3. The van der Waals surface area contributed by atoms with E-state index in [1.165, 1.54) is 27.6 Å². The molecule has 0 aliphatic rings. The van der Waals surface area contributed by atoms with E-state index in [1.54, 1.807) is 19.2 Å². The highest BCUT2D eigenvalue weighted by Crippen LogP contribution is 2.22. The van der Waals surface area contributed by atoms with Gasteiger partial charge in [0.25, 0.3) is 5.91 Å². The molecule has 7 heteroatoms. The molecule has 0 aromatic heterocycles. The highest BCUT2D eigenvalue weighted by atomic mass is 32.2. The van der Waals surface area contributed by atoms with Crippen LogP contribution in [0.25, 0.3) is 0 Å². The van der Waals surface area contributed by atoms with Crippen LogP contribution in [0.2, 0.25) is 0 Å². The summed E-state index contributed by atoms with van der Waals surface area (Å²) in [7, 11) is -2.09. The number of carbonyl (C=O) groups excluding carboxylic acids is 1. The molecule has 1 N–H and O–H groups in total. The van der Waals surface area contributed by atoms with E-state index in [1.807, 2.05) is 44.2 Å². The van der Waals surface area contributed by atoms with Crippen LogP contribution in [0, 0.1) is 20.8 Å². The minimum absolute atomic E-state index is 0.150. The number of nitrogens with one attached hydrogen (secondary N) is 1. The first-order valence-electron chi connectivity index (χ1n) is 11.2. The zero-order valence-corrected chi connectivity index (χ0v) is 21.1.